The smallest absolute Gasteiger partial charge is 0.308 e. The summed E-state index contributed by atoms with van der Waals surface area (Å²) in [5.74, 6) is -3.01. The van der Waals surface area contributed by atoms with Crippen LogP contribution in [0.3, 0.4) is 0 Å². The van der Waals surface area contributed by atoms with E-state index in [0.29, 0.717) is 38.5 Å². The molecule has 6 fully saturated rings. The van der Waals surface area contributed by atoms with Gasteiger partial charge in [-0.05, 0) is 173 Å². The van der Waals surface area contributed by atoms with Crippen molar-refractivity contribution in [3.05, 3.63) is 12.2 Å². The third-order valence-corrected chi connectivity index (χ3v) is 49.7. The van der Waals surface area contributed by atoms with Gasteiger partial charge in [0.1, 0.15) is 18.3 Å². The Balaban J connectivity index is 1.20. The lowest BCUT2D eigenvalue weighted by atomic mass is 9.82. The first-order chi connectivity index (χ1) is 44.6. The molecule has 0 aromatic rings. The number of carbonyl (C=O) groups is 1. The fourth-order valence-corrected chi connectivity index (χ4v) is 25.8. The molecule has 21 heteroatoms. The lowest BCUT2D eigenvalue weighted by Crippen LogP contribution is -2.63. The molecule has 96 heavy (non-hydrogen) atoms. The van der Waals surface area contributed by atoms with Gasteiger partial charge in [-0.15, -0.1) is 11.6 Å². The molecule has 0 unspecified atom stereocenters. The zero-order valence-electron chi connectivity index (χ0n) is 65.7. The number of fused-ring (bicyclic) bond motifs is 1. The van der Waals surface area contributed by atoms with E-state index < -0.39 is 82.6 Å². The van der Waals surface area contributed by atoms with Gasteiger partial charge in [0.25, 0.3) is 0 Å². The van der Waals surface area contributed by atoms with Gasteiger partial charge >= 0.3 is 5.97 Å². The van der Waals surface area contributed by atoms with Gasteiger partial charge in [-0.3, -0.25) is 4.79 Å². The Morgan fingerprint density at radius 3 is 1.77 bits per heavy atom. The average molecular weight is 1460 g/mol. The summed E-state index contributed by atoms with van der Waals surface area (Å²) in [5, 5.41) is -0.259. The second-order valence-corrected chi connectivity index (χ2v) is 59.9. The van der Waals surface area contributed by atoms with Gasteiger partial charge in [-0.1, -0.05) is 131 Å². The van der Waals surface area contributed by atoms with Gasteiger partial charge in [0.15, 0.2) is 58.9 Å². The van der Waals surface area contributed by atoms with E-state index in [9.17, 15) is 4.79 Å². The van der Waals surface area contributed by atoms with Crippen LogP contribution in [0.25, 0.3) is 0 Å². The molecule has 7 rings (SSSR count). The van der Waals surface area contributed by atoms with Crippen LogP contribution in [0.1, 0.15) is 227 Å². The van der Waals surface area contributed by atoms with Gasteiger partial charge in [-0.25, -0.2) is 0 Å². The molecule has 0 saturated carbocycles. The predicted octanol–water partition coefficient (Wildman–Crippen LogP) is 19.3. The van der Waals surface area contributed by atoms with E-state index in [1.807, 2.05) is 7.11 Å². The van der Waals surface area contributed by atoms with Gasteiger partial charge in [-0.2, -0.15) is 0 Å². The minimum atomic E-state index is -2.41. The van der Waals surface area contributed by atoms with Crippen LogP contribution in [0.15, 0.2) is 12.2 Å². The Hall–Kier alpha value is 0.0644. The lowest BCUT2D eigenvalue weighted by molar-refractivity contribution is -0.413. The largest absolute Gasteiger partial charge is 0.459 e. The minimum Gasteiger partial charge on any atom is -0.459 e. The summed E-state index contributed by atoms with van der Waals surface area (Å²) in [6.45, 7) is 56.9. The van der Waals surface area contributed by atoms with Crippen molar-refractivity contribution in [1.82, 2.24) is 0 Å². The van der Waals surface area contributed by atoms with E-state index >= 15 is 0 Å². The number of carbonyl (C=O) groups excluding carboxylic acids is 1. The summed E-state index contributed by atoms with van der Waals surface area (Å²) < 4.78 is 101. The quantitative estimate of drug-likeness (QED) is 0.0272. The average Bonchev–Trinajstić information content (AvgIpc) is 1.46. The van der Waals surface area contributed by atoms with Gasteiger partial charge in [0, 0.05) is 70.6 Å². The maximum atomic E-state index is 12.4. The molecule has 6 saturated heterocycles. The van der Waals surface area contributed by atoms with Crippen molar-refractivity contribution in [3.8, 4) is 0 Å². The van der Waals surface area contributed by atoms with Gasteiger partial charge in [0.2, 0.25) is 0 Å². The van der Waals surface area contributed by atoms with Crippen LogP contribution in [0.4, 0.5) is 0 Å². The van der Waals surface area contributed by atoms with Crippen LogP contribution in [0.5, 0.6) is 0 Å². The second-order valence-electron chi connectivity index (χ2n) is 35.6. The highest BCUT2D eigenvalue weighted by Crippen LogP contribution is 2.55. The van der Waals surface area contributed by atoms with Crippen molar-refractivity contribution in [2.24, 2.45) is 17.8 Å². The number of esters is 1. The summed E-state index contributed by atoms with van der Waals surface area (Å²) in [5.41, 5.74) is 0. The summed E-state index contributed by atoms with van der Waals surface area (Å²) in [7, 11) is -7.67. The molecule has 7 heterocycles. The fraction of sp³-hybridized carbons (Fsp3) is 0.960. The molecule has 3 spiro atoms. The van der Waals surface area contributed by atoms with E-state index in [4.69, 9.17) is 76.4 Å². The monoisotopic (exact) mass is 1460 g/mol. The summed E-state index contributed by atoms with van der Waals surface area (Å²) in [4.78, 5) is 12.4. The van der Waals surface area contributed by atoms with Crippen LogP contribution >= 0.6 is 11.6 Å². The number of rotatable bonds is 32. The molecule has 560 valence electrons. The third kappa shape index (κ3) is 19.8. The van der Waals surface area contributed by atoms with Crippen molar-refractivity contribution in [2.45, 2.75) is 420 Å². The molecule has 20 atom stereocenters. The van der Waals surface area contributed by atoms with Crippen LogP contribution < -0.4 is 0 Å². The van der Waals surface area contributed by atoms with Crippen LogP contribution in [0.2, 0.25) is 90.7 Å². The highest BCUT2D eigenvalue weighted by Gasteiger charge is 2.63. The van der Waals surface area contributed by atoms with Crippen molar-refractivity contribution in [1.29, 1.82) is 0 Å². The maximum absolute atomic E-state index is 12.4. The molecule has 0 aromatic heterocycles. The highest BCUT2D eigenvalue weighted by molar-refractivity contribution is 6.75. The number of hydrogen-bond acceptors (Lipinski definition) is 15. The molecule has 15 nitrogen and oxygen atoms in total. The summed E-state index contributed by atoms with van der Waals surface area (Å²) in [6.07, 6.45) is 13.4. The zero-order valence-corrected chi connectivity index (χ0v) is 71.5. The van der Waals surface area contributed by atoms with E-state index in [0.717, 1.165) is 101 Å². The van der Waals surface area contributed by atoms with Crippen LogP contribution in [-0.4, -0.2) is 170 Å². The van der Waals surface area contributed by atoms with E-state index in [-0.39, 0.29) is 106 Å². The Morgan fingerprint density at radius 1 is 0.635 bits per heavy atom. The Kier molecular flexibility index (Phi) is 28.9. The van der Waals surface area contributed by atoms with Gasteiger partial charge in [0.05, 0.1) is 60.6 Å². The summed E-state index contributed by atoms with van der Waals surface area (Å²) in [6, 6.07) is 5.85. The number of alkyl halides is 1. The molecule has 0 aliphatic carbocycles. The van der Waals surface area contributed by atoms with Crippen molar-refractivity contribution in [2.75, 3.05) is 20.8 Å². The Labute approximate surface area is 596 Å². The number of hydrogen-bond donors (Lipinski definition) is 0. The third-order valence-electron chi connectivity index (χ3n) is 26.2. The molecule has 7 aliphatic rings. The molecule has 0 radical (unpaired) electrons. The molecular weight excluding hydrogens is 1320 g/mol. The fourth-order valence-electron chi connectivity index (χ4n) is 15.8. The standard InChI is InChI=1S/C75H143ClO15Si5/c1-27-95(28-2,29-3)89-67(53(8)36-37-59-66(76)64(79-20)50-74(83-59)43-39-54(9)75(91-74)51-63-62(85-75)49-65(77)82-63)69(90-96(30-4,31-5)32-6)68-60(78-19)40-44-73(86-68)42-38-52(7)61(84-73)48-58(88-94(25,26)72(16,17)18)47-57(87-93(23,24)71(13,14)15)46-56-35-33-34-55(81-56)41-45-80-92(21,22)70(10,11)12/h38,42,52-64,66-69H,27-37,39-41,43-51H2,1-26H3/t52-,53-,54-,55+,56-,57+,58-,59+,60-,61+,62-,63-,64+,66+,67-,68-,69-,73-,74+,75+/m0/s1. The molecule has 7 aliphatic heterocycles. The van der Waals surface area contributed by atoms with E-state index in [1.54, 1.807) is 7.11 Å². The zero-order chi connectivity index (χ0) is 71.5. The van der Waals surface area contributed by atoms with Gasteiger partial charge < -0.3 is 64.8 Å². The topological polar surface area (TPSA) is 146 Å². The molecule has 0 N–H and O–H groups in total. The molecule has 0 amide bonds. The first-order valence-electron chi connectivity index (χ1n) is 38.6. The molecular formula is C75H143ClO15Si5. The molecule has 0 bridgehead atoms. The number of methoxy groups -OCH3 is 2. The highest BCUT2D eigenvalue weighted by atomic mass is 35.5. The SMILES string of the molecule is CC[Si](CC)(CC)O[C@H]([C@H]1O[C@@]2(C=C[C@H](C)[C@@H](C[C@H](C[C@@H](C[C@@H]3CCC[C@H](CCO[Si](C)(C)C(C)(C)C)O3)O[Si](C)(C)C(C)(C)C)O[Si](C)(C)C(C)(C)C)O2)CC[C@@H]1OC)[C@@H](O[Si](CC)(CC)CC)[C@@H](C)CC[C@H]1O[C@@]2(CC[C@H](C)[C@@]3(C[C@@H]4OC(=O)C[C@@H]4O3)O2)C[C@@H](OC)[C@@H]1Cl. The van der Waals surface area contributed by atoms with Crippen molar-refractivity contribution >= 4 is 59.2 Å². The van der Waals surface area contributed by atoms with Crippen molar-refractivity contribution < 1.29 is 69.6 Å². The second kappa shape index (κ2) is 33.2. The minimum absolute atomic E-state index is 0.0171. The Bertz CT molecular complexity index is 2430. The van der Waals surface area contributed by atoms with Crippen LogP contribution in [-0.2, 0) is 69.6 Å². The summed E-state index contributed by atoms with van der Waals surface area (Å²) >= 11 is 7.55. The Morgan fingerprint density at radius 2 is 1.21 bits per heavy atom. The van der Waals surface area contributed by atoms with E-state index in [1.165, 1.54) is 0 Å². The van der Waals surface area contributed by atoms with Crippen molar-refractivity contribution in [3.63, 3.8) is 0 Å². The van der Waals surface area contributed by atoms with E-state index in [2.05, 4.69) is 176 Å². The maximum Gasteiger partial charge on any atom is 0.308 e. The lowest BCUT2D eigenvalue weighted by Gasteiger charge is -2.54. The first-order valence-corrected chi connectivity index (χ1v) is 52.8. The molecule has 0 aromatic carbocycles. The number of halogens is 1. The van der Waals surface area contributed by atoms with Crippen LogP contribution in [0, 0.1) is 17.8 Å². The normalized spacial score (nSPS) is 34.6. The number of ether oxygens (including phenoxy) is 9. The predicted molar refractivity (Wildman–Crippen MR) is 400 cm³/mol. The first kappa shape index (κ1) is 83.3.